The Morgan fingerprint density at radius 1 is 1.00 bits per heavy atom. The molecule has 3 amide bonds. The summed E-state index contributed by atoms with van der Waals surface area (Å²) < 4.78 is 0. The van der Waals surface area contributed by atoms with Crippen molar-refractivity contribution in [1.82, 2.24) is 15.5 Å². The molecule has 0 aliphatic carbocycles. The van der Waals surface area contributed by atoms with Crippen molar-refractivity contribution in [3.63, 3.8) is 0 Å². The summed E-state index contributed by atoms with van der Waals surface area (Å²) in [6.07, 6.45) is 4.72. The van der Waals surface area contributed by atoms with Crippen LogP contribution in [-0.2, 0) is 20.8 Å². The number of hydrogen-bond acceptors (Lipinski definition) is 5. The molecule has 0 saturated heterocycles. The number of nitrogens with zero attached hydrogens (tertiary/aromatic N) is 2. The highest BCUT2D eigenvalue weighted by molar-refractivity contribution is 7.10. The molecular formula is C27H37N3O4S. The summed E-state index contributed by atoms with van der Waals surface area (Å²) >= 11 is 1.47. The van der Waals surface area contributed by atoms with Gasteiger partial charge in [-0.3, -0.25) is 24.6 Å². The van der Waals surface area contributed by atoms with E-state index in [-0.39, 0.29) is 49.5 Å². The van der Waals surface area contributed by atoms with Gasteiger partial charge in [-0.25, -0.2) is 10.5 Å². The molecule has 7 nitrogen and oxygen atoms in total. The van der Waals surface area contributed by atoms with Crippen LogP contribution in [0.5, 0.6) is 0 Å². The van der Waals surface area contributed by atoms with E-state index >= 15 is 0 Å². The summed E-state index contributed by atoms with van der Waals surface area (Å²) in [4.78, 5) is 40.7. The number of thiophene rings is 1. The Balaban J connectivity index is 2.42. The molecule has 1 atom stereocenters. The molecule has 2 aromatic rings. The number of hydroxylamine groups is 1. The van der Waals surface area contributed by atoms with Crippen LogP contribution in [0.15, 0.2) is 53.9 Å². The fourth-order valence-corrected chi connectivity index (χ4v) is 4.30. The lowest BCUT2D eigenvalue weighted by Gasteiger charge is -2.40. The quantitative estimate of drug-likeness (QED) is 0.320. The maximum absolute atomic E-state index is 13.5. The van der Waals surface area contributed by atoms with Gasteiger partial charge in [-0.05, 0) is 41.7 Å². The Morgan fingerprint density at radius 3 is 2.29 bits per heavy atom. The third kappa shape index (κ3) is 9.30. The number of nitrogens with one attached hydrogen (secondary N) is 1. The van der Waals surface area contributed by atoms with Gasteiger partial charge in [-0.15, -0.1) is 11.3 Å². The minimum absolute atomic E-state index is 0.0559. The summed E-state index contributed by atoms with van der Waals surface area (Å²) in [5.74, 6) is -0.981. The molecule has 1 aromatic heterocycles. The van der Waals surface area contributed by atoms with E-state index in [4.69, 9.17) is 0 Å². The second-order valence-electron chi connectivity index (χ2n) is 9.34. The normalized spacial score (nSPS) is 12.2. The predicted octanol–water partition coefficient (Wildman–Crippen LogP) is 4.93. The van der Waals surface area contributed by atoms with Crippen molar-refractivity contribution in [2.45, 2.75) is 59.4 Å². The van der Waals surface area contributed by atoms with Gasteiger partial charge in [0.2, 0.25) is 11.8 Å². The first-order valence-corrected chi connectivity index (χ1v) is 12.9. The molecule has 0 aliphatic rings. The second-order valence-corrected chi connectivity index (χ2v) is 10.4. The van der Waals surface area contributed by atoms with E-state index in [0.717, 1.165) is 10.4 Å². The van der Waals surface area contributed by atoms with Gasteiger partial charge in [0.25, 0.3) is 5.91 Å². The van der Waals surface area contributed by atoms with Crippen molar-refractivity contribution < 1.29 is 19.6 Å². The standard InChI is InChI=1S/C27H37N3O4S/c1-20(2)15-16-25(31)30(29(19-21(3)4)26(32)18-23-13-9-17-35-23)24(27(33)28-34)14-8-12-22-10-6-5-7-11-22/h5-13,17,20-21,24,34H,14-16,18-19H2,1-4H3,(H,28,33)/t24-/m0/s1. The molecule has 1 aromatic carbocycles. The molecule has 0 fully saturated rings. The van der Waals surface area contributed by atoms with Crippen molar-refractivity contribution in [3.05, 3.63) is 64.4 Å². The lowest BCUT2D eigenvalue weighted by atomic mass is 10.1. The zero-order valence-corrected chi connectivity index (χ0v) is 21.8. The SMILES string of the molecule is CC(C)CCC(=O)N([C@@H](CC=Cc1ccccc1)C(=O)NO)N(CC(C)C)C(=O)Cc1cccs1. The molecule has 2 N–H and O–H groups in total. The van der Waals surface area contributed by atoms with Crippen molar-refractivity contribution >= 4 is 35.1 Å². The topological polar surface area (TPSA) is 89.9 Å². The van der Waals surface area contributed by atoms with Gasteiger partial charge in [0.1, 0.15) is 6.04 Å². The smallest absolute Gasteiger partial charge is 0.268 e. The van der Waals surface area contributed by atoms with Gasteiger partial charge in [0.05, 0.1) is 6.42 Å². The van der Waals surface area contributed by atoms with Crippen molar-refractivity contribution in [3.8, 4) is 0 Å². The Bertz CT molecular complexity index is 958. The maximum atomic E-state index is 13.5. The Hall–Kier alpha value is -2.97. The number of amides is 3. The van der Waals surface area contributed by atoms with E-state index in [1.165, 1.54) is 21.4 Å². The molecule has 0 radical (unpaired) electrons. The molecule has 1 heterocycles. The fraction of sp³-hybridized carbons (Fsp3) is 0.444. The van der Waals surface area contributed by atoms with Crippen molar-refractivity contribution in [2.24, 2.45) is 11.8 Å². The van der Waals surface area contributed by atoms with Crippen LogP contribution in [0.2, 0.25) is 0 Å². The van der Waals surface area contributed by atoms with Crippen LogP contribution in [0.1, 0.15) is 57.4 Å². The Morgan fingerprint density at radius 2 is 1.71 bits per heavy atom. The molecule has 2 rings (SSSR count). The van der Waals surface area contributed by atoms with Crippen LogP contribution in [-0.4, -0.2) is 45.5 Å². The highest BCUT2D eigenvalue weighted by Gasteiger charge is 2.36. The largest absolute Gasteiger partial charge is 0.289 e. The fourth-order valence-electron chi connectivity index (χ4n) is 3.60. The Kier molecular flexibility index (Phi) is 11.7. The summed E-state index contributed by atoms with van der Waals surface area (Å²) in [5.41, 5.74) is 2.65. The average molecular weight is 500 g/mol. The maximum Gasteiger partial charge on any atom is 0.268 e. The van der Waals surface area contributed by atoms with Crippen LogP contribution >= 0.6 is 11.3 Å². The highest BCUT2D eigenvalue weighted by atomic mass is 32.1. The van der Waals surface area contributed by atoms with Crippen molar-refractivity contribution in [2.75, 3.05) is 6.54 Å². The van der Waals surface area contributed by atoms with E-state index in [1.807, 2.05) is 81.6 Å². The van der Waals surface area contributed by atoms with Gasteiger partial charge in [0.15, 0.2) is 0 Å². The number of hydrazine groups is 1. The first kappa shape index (κ1) is 28.3. The van der Waals surface area contributed by atoms with Crippen LogP contribution < -0.4 is 5.48 Å². The molecular weight excluding hydrogens is 462 g/mol. The molecule has 0 unspecified atom stereocenters. The molecule has 8 heteroatoms. The van der Waals surface area contributed by atoms with Gasteiger partial charge >= 0.3 is 0 Å². The lowest BCUT2D eigenvalue weighted by molar-refractivity contribution is -0.175. The minimum atomic E-state index is -1.08. The van der Waals surface area contributed by atoms with Gasteiger partial charge in [-0.1, -0.05) is 76.2 Å². The predicted molar refractivity (Wildman–Crippen MR) is 139 cm³/mol. The van der Waals surface area contributed by atoms with Crippen molar-refractivity contribution in [1.29, 1.82) is 0 Å². The summed E-state index contributed by atoms with van der Waals surface area (Å²) in [6, 6.07) is 12.3. The third-order valence-electron chi connectivity index (χ3n) is 5.36. The van der Waals surface area contributed by atoms with Crippen LogP contribution in [0.3, 0.4) is 0 Å². The molecule has 0 bridgehead atoms. The number of carbonyl (C=O) groups is 3. The first-order chi connectivity index (χ1) is 16.7. The van der Waals surface area contributed by atoms with Gasteiger partial charge < -0.3 is 0 Å². The van der Waals surface area contributed by atoms with E-state index in [0.29, 0.717) is 6.42 Å². The van der Waals surface area contributed by atoms with E-state index in [2.05, 4.69) is 0 Å². The van der Waals surface area contributed by atoms with E-state index in [1.54, 1.807) is 11.6 Å². The first-order valence-electron chi connectivity index (χ1n) is 12.0. The molecule has 0 saturated carbocycles. The molecule has 0 spiro atoms. The Labute approximate surface area is 212 Å². The zero-order chi connectivity index (χ0) is 25.8. The summed E-state index contributed by atoms with van der Waals surface area (Å²) in [6.45, 7) is 8.23. The van der Waals surface area contributed by atoms with E-state index < -0.39 is 11.9 Å². The number of benzene rings is 1. The molecule has 190 valence electrons. The van der Waals surface area contributed by atoms with Gasteiger partial charge in [-0.2, -0.15) is 0 Å². The lowest BCUT2D eigenvalue weighted by Crippen LogP contribution is -2.59. The average Bonchev–Trinajstić information content (AvgIpc) is 3.34. The summed E-state index contributed by atoms with van der Waals surface area (Å²) in [7, 11) is 0. The number of rotatable bonds is 12. The number of hydrogen-bond donors (Lipinski definition) is 2. The molecule has 0 aliphatic heterocycles. The van der Waals surface area contributed by atoms with Crippen LogP contribution in [0, 0.1) is 11.8 Å². The highest BCUT2D eigenvalue weighted by Crippen LogP contribution is 2.20. The van der Waals surface area contributed by atoms with Crippen LogP contribution in [0.25, 0.3) is 6.08 Å². The monoisotopic (exact) mass is 499 g/mol. The van der Waals surface area contributed by atoms with Gasteiger partial charge in [0, 0.05) is 17.8 Å². The number of carbonyl (C=O) groups excluding carboxylic acids is 3. The molecule has 35 heavy (non-hydrogen) atoms. The summed E-state index contributed by atoms with van der Waals surface area (Å²) in [5, 5.41) is 14.1. The zero-order valence-electron chi connectivity index (χ0n) is 21.0. The second kappa shape index (κ2) is 14.4. The minimum Gasteiger partial charge on any atom is -0.289 e. The van der Waals surface area contributed by atoms with Crippen LogP contribution in [0.4, 0.5) is 0 Å². The van der Waals surface area contributed by atoms with E-state index in [9.17, 15) is 19.6 Å². The third-order valence-corrected chi connectivity index (χ3v) is 6.24.